The minimum Gasteiger partial charge on any atom is -0.326 e. The van der Waals surface area contributed by atoms with Crippen molar-refractivity contribution in [3.8, 4) is 0 Å². The number of hydrogen-bond acceptors (Lipinski definition) is 2. The SMILES string of the molecule is O=C(Cc1csc2ccccc12)Nc1ccc(F)cc1. The minimum absolute atomic E-state index is 0.0971. The van der Waals surface area contributed by atoms with Crippen LogP contribution >= 0.6 is 11.3 Å². The summed E-state index contributed by atoms with van der Waals surface area (Å²) in [5.74, 6) is -0.410. The van der Waals surface area contributed by atoms with E-state index in [4.69, 9.17) is 0 Å². The average molecular weight is 285 g/mol. The number of rotatable bonds is 3. The number of amides is 1. The molecule has 100 valence electrons. The monoisotopic (exact) mass is 285 g/mol. The highest BCUT2D eigenvalue weighted by Gasteiger charge is 2.09. The van der Waals surface area contributed by atoms with E-state index in [0.717, 1.165) is 10.9 Å². The van der Waals surface area contributed by atoms with Crippen LogP contribution in [-0.4, -0.2) is 5.91 Å². The Labute approximate surface area is 119 Å². The highest BCUT2D eigenvalue weighted by molar-refractivity contribution is 7.17. The van der Waals surface area contributed by atoms with Gasteiger partial charge in [-0.1, -0.05) is 18.2 Å². The normalized spacial score (nSPS) is 10.7. The van der Waals surface area contributed by atoms with Crippen molar-refractivity contribution in [3.63, 3.8) is 0 Å². The molecule has 0 aliphatic rings. The van der Waals surface area contributed by atoms with Crippen molar-refractivity contribution in [1.29, 1.82) is 0 Å². The van der Waals surface area contributed by atoms with Gasteiger partial charge in [0.2, 0.25) is 5.91 Å². The van der Waals surface area contributed by atoms with Gasteiger partial charge in [-0.2, -0.15) is 0 Å². The van der Waals surface area contributed by atoms with Crippen LogP contribution in [-0.2, 0) is 11.2 Å². The standard InChI is InChI=1S/C16H12FNOS/c17-12-5-7-13(8-6-12)18-16(19)9-11-10-20-15-4-2-1-3-14(11)15/h1-8,10H,9H2,(H,18,19). The fraction of sp³-hybridized carbons (Fsp3) is 0.0625. The van der Waals surface area contributed by atoms with E-state index in [0.29, 0.717) is 12.1 Å². The lowest BCUT2D eigenvalue weighted by Crippen LogP contribution is -2.14. The zero-order valence-electron chi connectivity index (χ0n) is 10.6. The van der Waals surface area contributed by atoms with Gasteiger partial charge in [0.05, 0.1) is 6.42 Å². The van der Waals surface area contributed by atoms with Crippen molar-refractivity contribution in [2.75, 3.05) is 5.32 Å². The molecular formula is C16H12FNOS. The van der Waals surface area contributed by atoms with Crippen LogP contribution < -0.4 is 5.32 Å². The first-order valence-corrected chi connectivity index (χ1v) is 7.11. The van der Waals surface area contributed by atoms with Gasteiger partial charge in [0, 0.05) is 10.4 Å². The van der Waals surface area contributed by atoms with Gasteiger partial charge in [-0.25, -0.2) is 4.39 Å². The first-order valence-electron chi connectivity index (χ1n) is 6.23. The van der Waals surface area contributed by atoms with Gasteiger partial charge in [-0.15, -0.1) is 11.3 Å². The third-order valence-corrected chi connectivity index (χ3v) is 4.05. The fourth-order valence-electron chi connectivity index (χ4n) is 2.08. The summed E-state index contributed by atoms with van der Waals surface area (Å²) in [4.78, 5) is 12.0. The van der Waals surface area contributed by atoms with Crippen LogP contribution in [0.5, 0.6) is 0 Å². The van der Waals surface area contributed by atoms with E-state index in [1.54, 1.807) is 23.5 Å². The van der Waals surface area contributed by atoms with E-state index < -0.39 is 0 Å². The molecule has 20 heavy (non-hydrogen) atoms. The van der Waals surface area contributed by atoms with Crippen LogP contribution in [0, 0.1) is 5.82 Å². The molecule has 0 saturated heterocycles. The number of hydrogen-bond donors (Lipinski definition) is 1. The molecule has 2 nitrogen and oxygen atoms in total. The lowest BCUT2D eigenvalue weighted by atomic mass is 10.1. The number of halogens is 1. The molecular weight excluding hydrogens is 273 g/mol. The van der Waals surface area contributed by atoms with E-state index in [9.17, 15) is 9.18 Å². The summed E-state index contributed by atoms with van der Waals surface area (Å²) in [5, 5.41) is 5.90. The molecule has 0 aliphatic heterocycles. The van der Waals surface area contributed by atoms with Gasteiger partial charge in [0.15, 0.2) is 0 Å². The van der Waals surface area contributed by atoms with Gasteiger partial charge >= 0.3 is 0 Å². The largest absolute Gasteiger partial charge is 0.326 e. The summed E-state index contributed by atoms with van der Waals surface area (Å²) in [7, 11) is 0. The summed E-state index contributed by atoms with van der Waals surface area (Å²) < 4.78 is 14.0. The highest BCUT2D eigenvalue weighted by Crippen LogP contribution is 2.26. The third-order valence-electron chi connectivity index (χ3n) is 3.04. The summed E-state index contributed by atoms with van der Waals surface area (Å²) in [6, 6.07) is 13.8. The van der Waals surface area contributed by atoms with Crippen LogP contribution in [0.1, 0.15) is 5.56 Å². The number of thiophene rings is 1. The van der Waals surface area contributed by atoms with Gasteiger partial charge < -0.3 is 5.32 Å². The quantitative estimate of drug-likeness (QED) is 0.767. The number of carbonyl (C=O) groups excluding carboxylic acids is 1. The van der Waals surface area contributed by atoms with Crippen molar-refractivity contribution in [3.05, 3.63) is 65.3 Å². The fourth-order valence-corrected chi connectivity index (χ4v) is 3.04. The van der Waals surface area contributed by atoms with Crippen LogP contribution in [0.3, 0.4) is 0 Å². The molecule has 1 amide bonds. The first kappa shape index (κ1) is 12.8. The van der Waals surface area contributed by atoms with Gasteiger partial charge in [0.1, 0.15) is 5.82 Å². The Balaban J connectivity index is 1.74. The number of carbonyl (C=O) groups is 1. The van der Waals surface area contributed by atoms with E-state index in [1.165, 1.54) is 16.8 Å². The highest BCUT2D eigenvalue weighted by atomic mass is 32.1. The van der Waals surface area contributed by atoms with Crippen molar-refractivity contribution >= 4 is 33.0 Å². The molecule has 1 N–H and O–H groups in total. The lowest BCUT2D eigenvalue weighted by molar-refractivity contribution is -0.115. The van der Waals surface area contributed by atoms with Crippen LogP contribution in [0.25, 0.3) is 10.1 Å². The zero-order valence-corrected chi connectivity index (χ0v) is 11.4. The van der Waals surface area contributed by atoms with E-state index in [2.05, 4.69) is 5.32 Å². The topological polar surface area (TPSA) is 29.1 Å². The molecule has 1 aromatic heterocycles. The maximum absolute atomic E-state index is 12.8. The summed E-state index contributed by atoms with van der Waals surface area (Å²) in [5.41, 5.74) is 1.63. The molecule has 0 radical (unpaired) electrons. The molecule has 3 aromatic rings. The Morgan fingerprint density at radius 1 is 1.10 bits per heavy atom. The molecule has 3 rings (SSSR count). The van der Waals surface area contributed by atoms with Gasteiger partial charge in [-0.3, -0.25) is 4.79 Å². The molecule has 0 saturated carbocycles. The minimum atomic E-state index is -0.313. The summed E-state index contributed by atoms with van der Waals surface area (Å²) in [6.45, 7) is 0. The predicted molar refractivity (Wildman–Crippen MR) is 80.6 cm³/mol. The smallest absolute Gasteiger partial charge is 0.228 e. The first-order chi connectivity index (χ1) is 9.72. The Hall–Kier alpha value is -2.20. The maximum atomic E-state index is 12.8. The molecule has 4 heteroatoms. The van der Waals surface area contributed by atoms with Crippen molar-refractivity contribution < 1.29 is 9.18 Å². The average Bonchev–Trinajstić information content (AvgIpc) is 2.85. The molecule has 0 atom stereocenters. The van der Waals surface area contributed by atoms with E-state index in [1.807, 2.05) is 29.6 Å². The molecule has 0 aliphatic carbocycles. The van der Waals surface area contributed by atoms with Crippen molar-refractivity contribution in [2.24, 2.45) is 0 Å². The van der Waals surface area contributed by atoms with Crippen molar-refractivity contribution in [2.45, 2.75) is 6.42 Å². The van der Waals surface area contributed by atoms with Gasteiger partial charge in [0.25, 0.3) is 0 Å². The summed E-state index contributed by atoms with van der Waals surface area (Å²) >= 11 is 1.63. The van der Waals surface area contributed by atoms with Crippen LogP contribution in [0.4, 0.5) is 10.1 Å². The molecule has 0 spiro atoms. The second-order valence-electron chi connectivity index (χ2n) is 4.49. The Kier molecular flexibility index (Phi) is 3.48. The lowest BCUT2D eigenvalue weighted by Gasteiger charge is -2.04. The molecule has 1 heterocycles. The number of nitrogens with one attached hydrogen (secondary N) is 1. The second kappa shape index (κ2) is 5.43. The van der Waals surface area contributed by atoms with Crippen LogP contribution in [0.2, 0.25) is 0 Å². The molecule has 0 fully saturated rings. The van der Waals surface area contributed by atoms with Gasteiger partial charge in [-0.05, 0) is 46.7 Å². The third kappa shape index (κ3) is 2.70. The number of anilines is 1. The van der Waals surface area contributed by atoms with Crippen LogP contribution in [0.15, 0.2) is 53.9 Å². The summed E-state index contributed by atoms with van der Waals surface area (Å²) in [6.07, 6.45) is 0.321. The molecule has 2 aromatic carbocycles. The number of benzene rings is 2. The van der Waals surface area contributed by atoms with Crippen molar-refractivity contribution in [1.82, 2.24) is 0 Å². The predicted octanol–water partition coefficient (Wildman–Crippen LogP) is 4.22. The Bertz CT molecular complexity index is 749. The second-order valence-corrected chi connectivity index (χ2v) is 5.40. The molecule has 0 bridgehead atoms. The Morgan fingerprint density at radius 3 is 2.65 bits per heavy atom. The number of fused-ring (bicyclic) bond motifs is 1. The Morgan fingerprint density at radius 2 is 1.85 bits per heavy atom. The van der Waals surface area contributed by atoms with E-state index in [-0.39, 0.29) is 11.7 Å². The maximum Gasteiger partial charge on any atom is 0.228 e. The zero-order chi connectivity index (χ0) is 13.9. The molecule has 0 unspecified atom stereocenters. The van der Waals surface area contributed by atoms with E-state index >= 15 is 0 Å².